The van der Waals surface area contributed by atoms with E-state index in [0.29, 0.717) is 24.0 Å². The molecule has 4 aromatic carbocycles. The molecular formula is C61H83N17O14. The molecule has 0 bridgehead atoms. The molecule has 4 rings (SSSR count). The number of ether oxygens (including phenoxy) is 4. The number of hydrogen-bond acceptors (Lipinski definition) is 18. The average Bonchev–Trinajstić information content (AvgIpc) is 1.23. The number of rotatable bonds is 41. The summed E-state index contributed by atoms with van der Waals surface area (Å²) in [5.41, 5.74) is 56.8. The number of Topliss-reactive ketones (excluding diaryl/α,β-unsaturated/α-hetero) is 4. The number of nitrogens with zero attached hydrogens (tertiary/aromatic N) is 4. The SMILES string of the molecule is COc1ccc(CC(=O)[C@H](CCCN=C(N)N)NC(=O)c2cc(CC(=O)[C@H](CCCN=C(N)N)NC(=O)c3cc(CC(=O)[C@H](CCCN=C(N)N)NC(=O)c4cc(CC(=O)[C@@H](N)CCCN=C(N)N)ccc4OC)ccc3OCC(=O)O)ccc2OC)cc1C(N)=O. The van der Waals surface area contributed by atoms with E-state index in [-0.39, 0.29) is 164 Å². The smallest absolute Gasteiger partial charge is 0.341 e. The van der Waals surface area contributed by atoms with Crippen molar-refractivity contribution >= 4 is 76.6 Å². The molecule has 4 atom stereocenters. The molecule has 31 heteroatoms. The molecule has 496 valence electrons. The van der Waals surface area contributed by atoms with Crippen LogP contribution in [0.1, 0.15) is 115 Å². The molecule has 0 fully saturated rings. The maximum atomic E-state index is 14.6. The molecule has 0 saturated carbocycles. The van der Waals surface area contributed by atoms with Crippen LogP contribution >= 0.6 is 0 Å². The molecule has 92 heavy (non-hydrogen) atoms. The molecular weight excluding hydrogens is 1190 g/mol. The Morgan fingerprint density at radius 3 is 1.00 bits per heavy atom. The van der Waals surface area contributed by atoms with Gasteiger partial charge in [0.2, 0.25) is 0 Å². The molecule has 0 saturated heterocycles. The van der Waals surface area contributed by atoms with Crippen molar-refractivity contribution in [3.05, 3.63) is 117 Å². The van der Waals surface area contributed by atoms with Gasteiger partial charge in [-0.15, -0.1) is 0 Å². The second kappa shape index (κ2) is 37.2. The quantitative estimate of drug-likeness (QED) is 0.0139. The van der Waals surface area contributed by atoms with Crippen molar-refractivity contribution in [2.75, 3.05) is 54.1 Å². The molecule has 0 aliphatic rings. The number of guanidine groups is 4. The van der Waals surface area contributed by atoms with Gasteiger partial charge in [0.25, 0.3) is 23.6 Å². The Balaban J connectivity index is 1.65. The van der Waals surface area contributed by atoms with Gasteiger partial charge >= 0.3 is 5.97 Å². The van der Waals surface area contributed by atoms with Gasteiger partial charge in [-0.2, -0.15) is 0 Å². The minimum absolute atomic E-state index is 0.00333. The van der Waals surface area contributed by atoms with Crippen LogP contribution in [0.3, 0.4) is 0 Å². The van der Waals surface area contributed by atoms with Gasteiger partial charge < -0.3 is 97.3 Å². The lowest BCUT2D eigenvalue weighted by atomic mass is 9.96. The number of ketones is 4. The van der Waals surface area contributed by atoms with Crippen molar-refractivity contribution in [1.29, 1.82) is 0 Å². The van der Waals surface area contributed by atoms with Crippen LogP contribution in [0.5, 0.6) is 23.0 Å². The summed E-state index contributed by atoms with van der Waals surface area (Å²) in [4.78, 5) is 139. The summed E-state index contributed by atoms with van der Waals surface area (Å²) in [5, 5.41) is 17.8. The average molecular weight is 1280 g/mol. The van der Waals surface area contributed by atoms with Crippen LogP contribution in [-0.2, 0) is 49.7 Å². The zero-order valence-corrected chi connectivity index (χ0v) is 51.6. The Morgan fingerprint density at radius 2 is 0.696 bits per heavy atom. The fraction of sp³-hybridized carbons (Fsp3) is 0.393. The number of nitrogens with two attached hydrogens (primary N) is 10. The number of nitrogens with one attached hydrogen (secondary N) is 3. The molecule has 4 aromatic rings. The van der Waals surface area contributed by atoms with Gasteiger partial charge in [-0.25, -0.2) is 4.79 Å². The van der Waals surface area contributed by atoms with Gasteiger partial charge in [0.15, 0.2) is 53.6 Å². The molecule has 0 aliphatic carbocycles. The number of methoxy groups -OCH3 is 3. The molecule has 0 aromatic heterocycles. The van der Waals surface area contributed by atoms with Gasteiger partial charge in [0.05, 0.1) is 67.8 Å². The lowest BCUT2D eigenvalue weighted by molar-refractivity contribution is -0.139. The summed E-state index contributed by atoms with van der Waals surface area (Å²) >= 11 is 0. The lowest BCUT2D eigenvalue weighted by Crippen LogP contribution is -2.42. The van der Waals surface area contributed by atoms with Crippen LogP contribution in [0, 0.1) is 0 Å². The Hall–Kier alpha value is -10.9. The molecule has 0 aliphatic heterocycles. The Morgan fingerprint density at radius 1 is 0.413 bits per heavy atom. The molecule has 0 spiro atoms. The van der Waals surface area contributed by atoms with Crippen molar-refractivity contribution in [2.45, 2.75) is 101 Å². The van der Waals surface area contributed by atoms with E-state index in [1.165, 1.54) is 82.0 Å². The van der Waals surface area contributed by atoms with Crippen LogP contribution in [0.25, 0.3) is 0 Å². The molecule has 4 amide bonds. The van der Waals surface area contributed by atoms with E-state index in [2.05, 4.69) is 35.9 Å². The second-order valence-electron chi connectivity index (χ2n) is 21.0. The van der Waals surface area contributed by atoms with Crippen molar-refractivity contribution in [2.24, 2.45) is 77.3 Å². The summed E-state index contributed by atoms with van der Waals surface area (Å²) < 4.78 is 21.8. The summed E-state index contributed by atoms with van der Waals surface area (Å²) in [6, 6.07) is 12.9. The number of amides is 4. The highest BCUT2D eigenvalue weighted by Crippen LogP contribution is 2.27. The van der Waals surface area contributed by atoms with Gasteiger partial charge in [-0.1, -0.05) is 24.3 Å². The van der Waals surface area contributed by atoms with Gasteiger partial charge in [-0.05, 0) is 122 Å². The van der Waals surface area contributed by atoms with Crippen molar-refractivity contribution in [3.8, 4) is 23.0 Å². The van der Waals surface area contributed by atoms with Crippen LogP contribution < -0.4 is 92.2 Å². The maximum Gasteiger partial charge on any atom is 0.341 e. The highest BCUT2D eigenvalue weighted by Gasteiger charge is 2.29. The third kappa shape index (κ3) is 24.6. The first-order valence-electron chi connectivity index (χ1n) is 29.0. The monoisotopic (exact) mass is 1280 g/mol. The first-order chi connectivity index (χ1) is 43.7. The molecule has 31 nitrogen and oxygen atoms in total. The van der Waals surface area contributed by atoms with Gasteiger partial charge in [-0.3, -0.25) is 58.3 Å². The van der Waals surface area contributed by atoms with Crippen molar-refractivity contribution < 1.29 is 67.2 Å². The third-order valence-corrected chi connectivity index (χ3v) is 14.0. The number of aliphatic carboxylic acids is 1. The number of primary amides is 1. The zero-order valence-electron chi connectivity index (χ0n) is 51.6. The zero-order chi connectivity index (χ0) is 68.0. The topological polar surface area (TPSA) is 557 Å². The number of carboxylic acids is 1. The largest absolute Gasteiger partial charge is 0.496 e. The van der Waals surface area contributed by atoms with Crippen LogP contribution in [-0.4, -0.2) is 160 Å². The first-order valence-corrected chi connectivity index (χ1v) is 29.0. The molecule has 0 heterocycles. The Kier molecular flexibility index (Phi) is 29.8. The minimum Gasteiger partial charge on any atom is -0.496 e. The highest BCUT2D eigenvalue weighted by atomic mass is 16.5. The number of carbonyl (C=O) groups excluding carboxylic acids is 8. The van der Waals surface area contributed by atoms with E-state index in [0.717, 1.165) is 0 Å². The first kappa shape index (κ1) is 73.6. The van der Waals surface area contributed by atoms with Gasteiger partial charge in [0.1, 0.15) is 23.0 Å². The molecule has 24 N–H and O–H groups in total. The fourth-order valence-electron chi connectivity index (χ4n) is 9.42. The van der Waals surface area contributed by atoms with E-state index in [1.807, 2.05) is 0 Å². The number of carboxylic acid groups (broad SMARTS) is 1. The van der Waals surface area contributed by atoms with Crippen molar-refractivity contribution in [3.63, 3.8) is 0 Å². The van der Waals surface area contributed by atoms with Crippen LogP contribution in [0.15, 0.2) is 92.8 Å². The summed E-state index contributed by atoms with van der Waals surface area (Å²) in [6.07, 6.45) is 0.228. The summed E-state index contributed by atoms with van der Waals surface area (Å²) in [7, 11) is 4.02. The molecule has 0 radical (unpaired) electrons. The number of carbonyl (C=O) groups is 9. The summed E-state index contributed by atoms with van der Waals surface area (Å²) in [6.45, 7) is -0.372. The van der Waals surface area contributed by atoms with E-state index in [9.17, 15) is 48.3 Å². The van der Waals surface area contributed by atoms with Crippen molar-refractivity contribution in [1.82, 2.24) is 16.0 Å². The van der Waals surface area contributed by atoms with E-state index < -0.39 is 90.6 Å². The van der Waals surface area contributed by atoms with Crippen LogP contribution in [0.4, 0.5) is 0 Å². The standard InChI is InChI=1S/C61H83N17O14/c1-89-49-16-12-33(24-37(49)54(63)85)29-46(80)42(9-5-21-73-59(66)67)76-56(87)39-26-35(14-18-51(39)91-3)30-47(81)44(11-7-23-75-61(70)71)78-57(88)40-27-36(15-19-52(40)92-32-53(83)84)31-48(82)43(10-6-22-74-60(68)69)77-55(86)38-25-34(13-17-50(38)90-2)28-45(79)41(62)8-4-20-72-58(64)65/h12-19,24-27,41-44H,4-11,20-23,28-32,62H2,1-3H3,(H2,63,85)(H,76,87)(H,77,86)(H,78,88)(H,83,84)(H4,64,65,72)(H4,66,67,73)(H4,68,69,74)(H4,70,71,75)/t41-,42-,43-,44-/m0/s1. The lowest BCUT2D eigenvalue weighted by Gasteiger charge is -2.21. The number of hydrogen-bond donors (Lipinski definition) is 14. The predicted molar refractivity (Wildman–Crippen MR) is 343 cm³/mol. The fourth-order valence-corrected chi connectivity index (χ4v) is 9.42. The normalized spacial score (nSPS) is 12.0. The second-order valence-corrected chi connectivity index (χ2v) is 21.0. The third-order valence-electron chi connectivity index (χ3n) is 14.0. The summed E-state index contributed by atoms with van der Waals surface area (Å²) in [5.74, 6) is -7.01. The van der Waals surface area contributed by atoms with Crippen LogP contribution in [0.2, 0.25) is 0 Å². The molecule has 0 unspecified atom stereocenters. The van der Waals surface area contributed by atoms with Gasteiger partial charge in [0, 0.05) is 51.9 Å². The predicted octanol–water partition coefficient (Wildman–Crippen LogP) is -1.34. The number of benzene rings is 4. The highest BCUT2D eigenvalue weighted by molar-refractivity contribution is 6.04. The maximum absolute atomic E-state index is 14.6. The van der Waals surface area contributed by atoms with E-state index in [4.69, 9.17) is 76.3 Å². The Bertz CT molecular complexity index is 3410. The number of aliphatic imine (C=N–C) groups is 4. The van der Waals surface area contributed by atoms with E-state index in [1.54, 1.807) is 12.1 Å². The Labute approximate surface area is 530 Å². The van der Waals surface area contributed by atoms with E-state index >= 15 is 0 Å². The minimum atomic E-state index is -1.39.